The minimum Gasteiger partial charge on any atom is -0.451 e. The normalized spacial score (nSPS) is 17.9. The number of amides is 1. The predicted molar refractivity (Wildman–Crippen MR) is 87.1 cm³/mol. The van der Waals surface area contributed by atoms with Crippen LogP contribution < -0.4 is 5.32 Å². The summed E-state index contributed by atoms with van der Waals surface area (Å²) in [6, 6.07) is 11.0. The number of hydrogen-bond donors (Lipinski definition) is 1. The molecule has 1 aromatic heterocycles. The molecule has 1 fully saturated rings. The topological polar surface area (TPSA) is 45.5 Å². The number of hydrogen-bond acceptors (Lipinski definition) is 3. The first-order valence-electron chi connectivity index (χ1n) is 7.47. The van der Waals surface area contributed by atoms with Crippen LogP contribution in [-0.2, 0) is 0 Å². The molecule has 116 valence electrons. The van der Waals surface area contributed by atoms with Gasteiger partial charge in [-0.2, -0.15) is 0 Å². The summed E-state index contributed by atoms with van der Waals surface area (Å²) in [6.45, 7) is 2.50. The minimum absolute atomic E-state index is 0.0445. The molecule has 1 aliphatic heterocycles. The summed E-state index contributed by atoms with van der Waals surface area (Å²) in [5, 5.41) is 3.78. The van der Waals surface area contributed by atoms with Crippen molar-refractivity contribution in [3.05, 3.63) is 47.2 Å². The van der Waals surface area contributed by atoms with E-state index in [4.69, 9.17) is 16.0 Å². The number of benzene rings is 1. The van der Waals surface area contributed by atoms with E-state index in [-0.39, 0.29) is 5.91 Å². The van der Waals surface area contributed by atoms with E-state index >= 15 is 0 Å². The van der Waals surface area contributed by atoms with Crippen molar-refractivity contribution < 1.29 is 9.21 Å². The summed E-state index contributed by atoms with van der Waals surface area (Å²) in [7, 11) is 1.94. The van der Waals surface area contributed by atoms with Crippen molar-refractivity contribution in [2.24, 2.45) is 5.92 Å². The third-order valence-electron chi connectivity index (χ3n) is 4.02. The SMILES string of the molecule is CNCC1CCN(C(=O)c2ccc(-c3ccccc3Cl)o2)C1. The summed E-state index contributed by atoms with van der Waals surface area (Å²) in [5.74, 6) is 1.48. The van der Waals surface area contributed by atoms with Gasteiger partial charge in [-0.3, -0.25) is 4.79 Å². The summed E-state index contributed by atoms with van der Waals surface area (Å²) < 4.78 is 5.73. The van der Waals surface area contributed by atoms with Crippen LogP contribution in [0.15, 0.2) is 40.8 Å². The van der Waals surface area contributed by atoms with E-state index in [2.05, 4.69) is 5.32 Å². The maximum Gasteiger partial charge on any atom is 0.289 e. The lowest BCUT2D eigenvalue weighted by atomic mass is 10.1. The van der Waals surface area contributed by atoms with E-state index in [0.29, 0.717) is 22.5 Å². The Morgan fingerprint density at radius 2 is 2.18 bits per heavy atom. The second-order valence-electron chi connectivity index (χ2n) is 5.61. The van der Waals surface area contributed by atoms with Crippen molar-refractivity contribution in [2.45, 2.75) is 6.42 Å². The van der Waals surface area contributed by atoms with Crippen molar-refractivity contribution in [3.8, 4) is 11.3 Å². The second-order valence-corrected chi connectivity index (χ2v) is 6.01. The molecule has 2 heterocycles. The quantitative estimate of drug-likeness (QED) is 0.941. The van der Waals surface area contributed by atoms with Gasteiger partial charge in [0, 0.05) is 18.7 Å². The van der Waals surface area contributed by atoms with Crippen LogP contribution in [0.2, 0.25) is 5.02 Å². The Balaban J connectivity index is 1.74. The van der Waals surface area contributed by atoms with Crippen LogP contribution in [0, 0.1) is 5.92 Å². The minimum atomic E-state index is -0.0445. The summed E-state index contributed by atoms with van der Waals surface area (Å²) in [5.41, 5.74) is 0.803. The fraction of sp³-hybridized carbons (Fsp3) is 0.353. The zero-order chi connectivity index (χ0) is 15.5. The highest BCUT2D eigenvalue weighted by Gasteiger charge is 2.28. The molecule has 1 unspecified atom stereocenters. The average Bonchev–Trinajstić information content (AvgIpc) is 3.17. The van der Waals surface area contributed by atoms with Gasteiger partial charge in [0.1, 0.15) is 5.76 Å². The summed E-state index contributed by atoms with van der Waals surface area (Å²) >= 11 is 6.17. The van der Waals surface area contributed by atoms with Gasteiger partial charge in [0.2, 0.25) is 0 Å². The highest BCUT2D eigenvalue weighted by Crippen LogP contribution is 2.29. The van der Waals surface area contributed by atoms with E-state index in [1.165, 1.54) is 0 Å². The van der Waals surface area contributed by atoms with Gasteiger partial charge < -0.3 is 14.6 Å². The fourth-order valence-corrected chi connectivity index (χ4v) is 3.12. The lowest BCUT2D eigenvalue weighted by Crippen LogP contribution is -2.30. The Kier molecular flexibility index (Phi) is 4.50. The molecule has 0 radical (unpaired) electrons. The maximum atomic E-state index is 12.5. The molecule has 1 N–H and O–H groups in total. The first-order valence-corrected chi connectivity index (χ1v) is 7.85. The third kappa shape index (κ3) is 3.03. The van der Waals surface area contributed by atoms with Crippen LogP contribution in [0.3, 0.4) is 0 Å². The fourth-order valence-electron chi connectivity index (χ4n) is 2.89. The molecule has 1 amide bonds. The first-order chi connectivity index (χ1) is 10.7. The molecule has 3 rings (SSSR count). The van der Waals surface area contributed by atoms with E-state index in [1.54, 1.807) is 12.1 Å². The number of carbonyl (C=O) groups is 1. The number of nitrogens with zero attached hydrogens (tertiary/aromatic N) is 1. The largest absolute Gasteiger partial charge is 0.451 e. The van der Waals surface area contributed by atoms with E-state index in [0.717, 1.165) is 31.6 Å². The molecule has 5 heteroatoms. The van der Waals surface area contributed by atoms with Gasteiger partial charge in [0.05, 0.1) is 5.02 Å². The smallest absolute Gasteiger partial charge is 0.289 e. The third-order valence-corrected chi connectivity index (χ3v) is 4.35. The highest BCUT2D eigenvalue weighted by molar-refractivity contribution is 6.33. The van der Waals surface area contributed by atoms with Crippen molar-refractivity contribution in [2.75, 3.05) is 26.7 Å². The van der Waals surface area contributed by atoms with E-state index in [1.807, 2.05) is 36.2 Å². The Morgan fingerprint density at radius 3 is 2.95 bits per heavy atom. The maximum absolute atomic E-state index is 12.5. The average molecular weight is 319 g/mol. The van der Waals surface area contributed by atoms with Crippen LogP contribution >= 0.6 is 11.6 Å². The molecule has 0 spiro atoms. The number of carbonyl (C=O) groups excluding carboxylic acids is 1. The summed E-state index contributed by atoms with van der Waals surface area (Å²) in [4.78, 5) is 14.4. The molecule has 0 saturated carbocycles. The van der Waals surface area contributed by atoms with Gasteiger partial charge in [-0.1, -0.05) is 23.7 Å². The van der Waals surface area contributed by atoms with Crippen LogP contribution in [0.1, 0.15) is 17.0 Å². The number of furan rings is 1. The Morgan fingerprint density at radius 1 is 1.36 bits per heavy atom. The van der Waals surface area contributed by atoms with Gasteiger partial charge in [0.25, 0.3) is 5.91 Å². The number of nitrogens with one attached hydrogen (secondary N) is 1. The van der Waals surface area contributed by atoms with Gasteiger partial charge >= 0.3 is 0 Å². The van der Waals surface area contributed by atoms with Gasteiger partial charge in [-0.05, 0) is 50.2 Å². The zero-order valence-corrected chi connectivity index (χ0v) is 13.3. The Hall–Kier alpha value is -1.78. The molecule has 1 aliphatic rings. The lowest BCUT2D eigenvalue weighted by molar-refractivity contribution is 0.0756. The summed E-state index contributed by atoms with van der Waals surface area (Å²) in [6.07, 6.45) is 1.03. The van der Waals surface area contributed by atoms with Crippen molar-refractivity contribution >= 4 is 17.5 Å². The number of likely N-dealkylation sites (tertiary alicyclic amines) is 1. The molecule has 1 aromatic carbocycles. The Labute approximate surface area is 135 Å². The molecule has 1 saturated heterocycles. The van der Waals surface area contributed by atoms with Crippen molar-refractivity contribution in [1.82, 2.24) is 10.2 Å². The van der Waals surface area contributed by atoms with Gasteiger partial charge in [-0.25, -0.2) is 0 Å². The van der Waals surface area contributed by atoms with E-state index < -0.39 is 0 Å². The van der Waals surface area contributed by atoms with Gasteiger partial charge in [-0.15, -0.1) is 0 Å². The molecule has 1 atom stereocenters. The zero-order valence-electron chi connectivity index (χ0n) is 12.5. The molecule has 2 aromatic rings. The van der Waals surface area contributed by atoms with Crippen LogP contribution in [0.5, 0.6) is 0 Å². The number of rotatable bonds is 4. The van der Waals surface area contributed by atoms with Crippen LogP contribution in [0.25, 0.3) is 11.3 Å². The van der Waals surface area contributed by atoms with Gasteiger partial charge in [0.15, 0.2) is 5.76 Å². The van der Waals surface area contributed by atoms with Crippen molar-refractivity contribution in [1.29, 1.82) is 0 Å². The number of halogens is 1. The Bertz CT molecular complexity index is 668. The molecular formula is C17H19ClN2O2. The van der Waals surface area contributed by atoms with Crippen LogP contribution in [0.4, 0.5) is 0 Å². The predicted octanol–water partition coefficient (Wildman–Crippen LogP) is 3.28. The standard InChI is InChI=1S/C17H19ClN2O2/c1-19-10-12-8-9-20(11-12)17(21)16-7-6-15(22-16)13-4-2-3-5-14(13)18/h2-7,12,19H,8-11H2,1H3. The molecule has 0 bridgehead atoms. The van der Waals surface area contributed by atoms with E-state index in [9.17, 15) is 4.79 Å². The second kappa shape index (κ2) is 6.55. The monoisotopic (exact) mass is 318 g/mol. The molecule has 22 heavy (non-hydrogen) atoms. The lowest BCUT2D eigenvalue weighted by Gasteiger charge is -2.14. The van der Waals surface area contributed by atoms with Crippen LogP contribution in [-0.4, -0.2) is 37.5 Å². The molecular weight excluding hydrogens is 300 g/mol. The first kappa shape index (κ1) is 15.1. The van der Waals surface area contributed by atoms with Crippen molar-refractivity contribution in [3.63, 3.8) is 0 Å². The molecule has 0 aliphatic carbocycles. The molecule has 4 nitrogen and oxygen atoms in total. The highest BCUT2D eigenvalue weighted by atomic mass is 35.5.